The lowest BCUT2D eigenvalue weighted by atomic mass is 9.91. The smallest absolute Gasteiger partial charge is 0.339 e. The number of benzene rings is 2. The lowest BCUT2D eigenvalue weighted by Gasteiger charge is -2.27. The van der Waals surface area contributed by atoms with Crippen molar-refractivity contribution in [2.45, 2.75) is 51.5 Å². The van der Waals surface area contributed by atoms with Gasteiger partial charge in [-0.25, -0.2) is 0 Å². The first-order valence-electron chi connectivity index (χ1n) is 10.5. The maximum Gasteiger partial charge on any atom is 0.339 e. The molecule has 1 saturated carbocycles. The quantitative estimate of drug-likeness (QED) is 0.526. The van der Waals surface area contributed by atoms with Crippen molar-refractivity contribution in [1.82, 2.24) is 4.90 Å². The Bertz CT molecular complexity index is 1010. The maximum absolute atomic E-state index is 13.0. The summed E-state index contributed by atoms with van der Waals surface area (Å²) in [5.41, 5.74) is 0.551. The molecule has 6 nitrogen and oxygen atoms in total. The predicted octanol–water partition coefficient (Wildman–Crippen LogP) is 4.64. The summed E-state index contributed by atoms with van der Waals surface area (Å²) in [6.45, 7) is 7.13. The molecule has 0 N–H and O–H groups in total. The van der Waals surface area contributed by atoms with Crippen molar-refractivity contribution in [2.24, 2.45) is 11.3 Å². The zero-order chi connectivity index (χ0) is 22.6. The van der Waals surface area contributed by atoms with Gasteiger partial charge in [-0.2, -0.15) is 8.42 Å². The van der Waals surface area contributed by atoms with Gasteiger partial charge in [0.15, 0.2) is 0 Å². The van der Waals surface area contributed by atoms with Crippen LogP contribution in [0.15, 0.2) is 53.4 Å². The predicted molar refractivity (Wildman–Crippen MR) is 119 cm³/mol. The third-order valence-corrected chi connectivity index (χ3v) is 6.34. The van der Waals surface area contributed by atoms with Crippen LogP contribution in [0.4, 0.5) is 0 Å². The first kappa shape index (κ1) is 23.1. The summed E-state index contributed by atoms with van der Waals surface area (Å²) in [5.74, 6) is 1.40. The minimum absolute atomic E-state index is 0.0433. The normalized spacial score (nSPS) is 14.2. The number of rotatable bonds is 9. The van der Waals surface area contributed by atoms with Crippen LogP contribution in [-0.4, -0.2) is 32.9 Å². The first-order chi connectivity index (χ1) is 14.6. The van der Waals surface area contributed by atoms with Gasteiger partial charge in [-0.3, -0.25) is 4.79 Å². The Labute approximate surface area is 185 Å². The van der Waals surface area contributed by atoms with Crippen LogP contribution in [0.3, 0.4) is 0 Å². The molecule has 3 rings (SSSR count). The fourth-order valence-electron chi connectivity index (χ4n) is 3.26. The summed E-state index contributed by atoms with van der Waals surface area (Å²) in [6.07, 6.45) is 2.69. The van der Waals surface area contributed by atoms with Crippen LogP contribution < -0.4 is 8.92 Å². The minimum atomic E-state index is -4.02. The van der Waals surface area contributed by atoms with E-state index in [9.17, 15) is 13.2 Å². The number of nitrogens with zero attached hydrogens (tertiary/aromatic N) is 1. The highest BCUT2D eigenvalue weighted by Gasteiger charge is 2.29. The van der Waals surface area contributed by atoms with Gasteiger partial charge < -0.3 is 13.8 Å². The van der Waals surface area contributed by atoms with Crippen molar-refractivity contribution in [3.63, 3.8) is 0 Å². The van der Waals surface area contributed by atoms with Gasteiger partial charge >= 0.3 is 10.1 Å². The molecule has 0 saturated heterocycles. The molecule has 7 heteroatoms. The Hall–Kier alpha value is -2.54. The zero-order valence-electron chi connectivity index (χ0n) is 18.6. The largest absolute Gasteiger partial charge is 0.497 e. The molecule has 1 amide bonds. The Morgan fingerprint density at radius 1 is 1.06 bits per heavy atom. The number of carbonyl (C=O) groups excluding carboxylic acids is 1. The molecule has 0 heterocycles. The standard InChI is InChI=1S/C24H31NO5S/c1-24(2,3)15-23(26)25(16-18-9-10-18)17-19-7-5-6-8-22(19)30-31(27,28)21-13-11-20(29-4)12-14-21/h5-8,11-14,18H,9-10,15-17H2,1-4H3. The molecule has 168 valence electrons. The van der Waals surface area contributed by atoms with E-state index < -0.39 is 10.1 Å². The van der Waals surface area contributed by atoms with Crippen LogP contribution in [0.5, 0.6) is 11.5 Å². The fourth-order valence-corrected chi connectivity index (χ4v) is 4.23. The molecule has 1 fully saturated rings. The molecule has 1 aliphatic rings. The Balaban J connectivity index is 1.81. The third-order valence-electron chi connectivity index (χ3n) is 5.09. The molecule has 0 aliphatic heterocycles. The number of hydrogen-bond donors (Lipinski definition) is 0. The topological polar surface area (TPSA) is 72.9 Å². The third kappa shape index (κ3) is 6.72. The van der Waals surface area contributed by atoms with Crippen molar-refractivity contribution < 1.29 is 22.1 Å². The fraction of sp³-hybridized carbons (Fsp3) is 0.458. The number of amides is 1. The lowest BCUT2D eigenvalue weighted by Crippen LogP contribution is -2.35. The van der Waals surface area contributed by atoms with Crippen LogP contribution in [0.2, 0.25) is 0 Å². The van der Waals surface area contributed by atoms with Gasteiger partial charge in [-0.05, 0) is 54.5 Å². The first-order valence-corrected chi connectivity index (χ1v) is 11.9. The van der Waals surface area contributed by atoms with E-state index in [2.05, 4.69) is 0 Å². The molecule has 2 aromatic carbocycles. The Morgan fingerprint density at radius 3 is 2.29 bits per heavy atom. The molecule has 1 aliphatic carbocycles. The SMILES string of the molecule is COc1ccc(S(=O)(=O)Oc2ccccc2CN(CC2CC2)C(=O)CC(C)(C)C)cc1. The number of carbonyl (C=O) groups is 1. The molecular weight excluding hydrogens is 414 g/mol. The molecule has 0 unspecified atom stereocenters. The van der Waals surface area contributed by atoms with Crippen molar-refractivity contribution in [1.29, 1.82) is 0 Å². The highest BCUT2D eigenvalue weighted by atomic mass is 32.2. The van der Waals surface area contributed by atoms with Gasteiger partial charge in [0.2, 0.25) is 5.91 Å². The second-order valence-electron chi connectivity index (χ2n) is 9.28. The minimum Gasteiger partial charge on any atom is -0.497 e. The second kappa shape index (κ2) is 9.30. The Kier molecular flexibility index (Phi) is 6.94. The summed E-state index contributed by atoms with van der Waals surface area (Å²) in [7, 11) is -2.50. The highest BCUT2D eigenvalue weighted by molar-refractivity contribution is 7.87. The van der Waals surface area contributed by atoms with E-state index in [0.717, 1.165) is 12.8 Å². The van der Waals surface area contributed by atoms with Gasteiger partial charge in [-0.1, -0.05) is 39.0 Å². The number of hydrogen-bond acceptors (Lipinski definition) is 5. The highest BCUT2D eigenvalue weighted by Crippen LogP contribution is 2.32. The van der Waals surface area contributed by atoms with Crippen LogP contribution in [0.1, 0.15) is 45.6 Å². The number of methoxy groups -OCH3 is 1. The monoisotopic (exact) mass is 445 g/mol. The zero-order valence-corrected chi connectivity index (χ0v) is 19.4. The number of para-hydroxylation sites is 1. The van der Waals surface area contributed by atoms with E-state index >= 15 is 0 Å². The number of ether oxygens (including phenoxy) is 1. The molecule has 31 heavy (non-hydrogen) atoms. The molecule has 0 aromatic heterocycles. The van der Waals surface area contributed by atoms with Crippen LogP contribution in [0.25, 0.3) is 0 Å². The van der Waals surface area contributed by atoms with E-state index in [-0.39, 0.29) is 22.0 Å². The summed E-state index contributed by atoms with van der Waals surface area (Å²) < 4.78 is 36.2. The van der Waals surface area contributed by atoms with Crippen LogP contribution in [0, 0.1) is 11.3 Å². The Morgan fingerprint density at radius 2 is 1.71 bits per heavy atom. The van der Waals surface area contributed by atoms with E-state index in [4.69, 9.17) is 8.92 Å². The molecule has 0 atom stereocenters. The van der Waals surface area contributed by atoms with Gasteiger partial charge in [0.05, 0.1) is 7.11 Å². The van der Waals surface area contributed by atoms with Crippen molar-refractivity contribution in [2.75, 3.05) is 13.7 Å². The summed E-state index contributed by atoms with van der Waals surface area (Å²) >= 11 is 0. The van der Waals surface area contributed by atoms with Crippen LogP contribution in [-0.2, 0) is 21.5 Å². The molecule has 2 aromatic rings. The van der Waals surface area contributed by atoms with Crippen LogP contribution >= 0.6 is 0 Å². The summed E-state index contributed by atoms with van der Waals surface area (Å²) in [5, 5.41) is 0. The average molecular weight is 446 g/mol. The lowest BCUT2D eigenvalue weighted by molar-refractivity contribution is -0.134. The molecule has 0 radical (unpaired) electrons. The summed E-state index contributed by atoms with van der Waals surface area (Å²) in [4.78, 5) is 14.8. The van der Waals surface area contributed by atoms with Crippen molar-refractivity contribution in [3.8, 4) is 11.5 Å². The van der Waals surface area contributed by atoms with Gasteiger partial charge in [-0.15, -0.1) is 0 Å². The molecule has 0 bridgehead atoms. The van der Waals surface area contributed by atoms with E-state index in [0.29, 0.717) is 36.7 Å². The van der Waals surface area contributed by atoms with Gasteiger partial charge in [0, 0.05) is 25.1 Å². The van der Waals surface area contributed by atoms with Gasteiger partial charge in [0.1, 0.15) is 16.4 Å². The van der Waals surface area contributed by atoms with E-state index in [1.165, 1.54) is 19.2 Å². The average Bonchev–Trinajstić information content (AvgIpc) is 3.51. The van der Waals surface area contributed by atoms with Gasteiger partial charge in [0.25, 0.3) is 0 Å². The molecular formula is C24H31NO5S. The summed E-state index contributed by atoms with van der Waals surface area (Å²) in [6, 6.07) is 13.0. The molecule has 0 spiro atoms. The van der Waals surface area contributed by atoms with E-state index in [1.54, 1.807) is 24.3 Å². The second-order valence-corrected chi connectivity index (χ2v) is 10.8. The van der Waals surface area contributed by atoms with Crippen molar-refractivity contribution in [3.05, 3.63) is 54.1 Å². The maximum atomic E-state index is 13.0. The van der Waals surface area contributed by atoms with E-state index in [1.807, 2.05) is 37.8 Å². The van der Waals surface area contributed by atoms with Crippen molar-refractivity contribution >= 4 is 16.0 Å².